The molecule has 0 aliphatic rings. The molecule has 540 valence electrons. The topological polar surface area (TPSA) is 237 Å². The SMILES string of the molecule is CC(C)CCCCCCCCCCCCCCCCCCC(=O)OC[C@H](COP(=O)(O)OCC(O)COP(=O)(O)OC[C@@H](COC(=O)CCCCCCCCCC(C)C)OC(=O)CCCCCCCCCCCCC(C)C)OC(=O)CCCCCCCCC(C)C. The van der Waals surface area contributed by atoms with Gasteiger partial charge in [-0.3, -0.25) is 37.3 Å². The molecule has 3 N–H and O–H groups in total. The second kappa shape index (κ2) is 61.6. The van der Waals surface area contributed by atoms with E-state index >= 15 is 0 Å². The molecular formula is C72H140O17P2. The summed E-state index contributed by atoms with van der Waals surface area (Å²) in [5.41, 5.74) is 0. The Hall–Kier alpha value is -1.94. The molecule has 3 unspecified atom stereocenters. The number of rotatable bonds is 69. The Bertz CT molecular complexity index is 1800. The van der Waals surface area contributed by atoms with Gasteiger partial charge in [-0.2, -0.15) is 0 Å². The van der Waals surface area contributed by atoms with Crippen LogP contribution >= 0.6 is 15.6 Å². The summed E-state index contributed by atoms with van der Waals surface area (Å²) in [5.74, 6) is 0.807. The Morgan fingerprint density at radius 2 is 0.462 bits per heavy atom. The number of carbonyl (C=O) groups is 4. The lowest BCUT2D eigenvalue weighted by molar-refractivity contribution is -0.161. The van der Waals surface area contributed by atoms with Crippen molar-refractivity contribution in [2.24, 2.45) is 23.7 Å². The molecule has 5 atom stereocenters. The van der Waals surface area contributed by atoms with E-state index in [1.54, 1.807) is 0 Å². The Labute approximate surface area is 556 Å². The van der Waals surface area contributed by atoms with Crippen LogP contribution in [0.25, 0.3) is 0 Å². The summed E-state index contributed by atoms with van der Waals surface area (Å²) in [5, 5.41) is 10.6. The Balaban J connectivity index is 5.16. The van der Waals surface area contributed by atoms with Gasteiger partial charge in [-0.25, -0.2) is 9.13 Å². The van der Waals surface area contributed by atoms with Crippen LogP contribution in [0.5, 0.6) is 0 Å². The number of hydrogen-bond acceptors (Lipinski definition) is 15. The number of phosphoric acid groups is 2. The predicted octanol–water partition coefficient (Wildman–Crippen LogP) is 20.5. The summed E-state index contributed by atoms with van der Waals surface area (Å²) in [6.45, 7) is 14.0. The van der Waals surface area contributed by atoms with Crippen molar-refractivity contribution in [3.05, 3.63) is 0 Å². The Morgan fingerprint density at radius 3 is 0.681 bits per heavy atom. The molecule has 0 aliphatic heterocycles. The van der Waals surface area contributed by atoms with Gasteiger partial charge in [-0.15, -0.1) is 0 Å². The van der Waals surface area contributed by atoms with Gasteiger partial charge in [0.2, 0.25) is 0 Å². The average molecular weight is 1340 g/mol. The highest BCUT2D eigenvalue weighted by molar-refractivity contribution is 7.47. The summed E-state index contributed by atoms with van der Waals surface area (Å²) in [7, 11) is -9.90. The van der Waals surface area contributed by atoms with Crippen LogP contribution in [0, 0.1) is 23.7 Å². The zero-order chi connectivity index (χ0) is 67.5. The van der Waals surface area contributed by atoms with Crippen LogP contribution in [0.3, 0.4) is 0 Å². The van der Waals surface area contributed by atoms with E-state index in [1.165, 1.54) is 154 Å². The molecule has 0 fully saturated rings. The van der Waals surface area contributed by atoms with Crippen molar-refractivity contribution in [2.45, 2.75) is 375 Å². The molecule has 17 nitrogen and oxygen atoms in total. The van der Waals surface area contributed by atoms with E-state index in [-0.39, 0.29) is 25.7 Å². The first-order chi connectivity index (χ1) is 43.6. The van der Waals surface area contributed by atoms with Crippen LogP contribution in [-0.2, 0) is 65.4 Å². The molecule has 0 radical (unpaired) electrons. The van der Waals surface area contributed by atoms with Gasteiger partial charge in [0, 0.05) is 25.7 Å². The standard InChI is InChI=1S/C72H140O17P2/c1-62(2)48-40-32-24-19-15-13-11-9-10-12-14-16-21-27-36-44-52-69(74)82-59-68(89-72(77)55-47-39-31-30-35-43-51-65(7)8)61-87-91(80,81)85-57-66(73)56-84-90(78,79)86-60-67(58-83-70(75)53-45-37-29-23-26-34-42-50-64(5)6)88-71(76)54-46-38-28-22-18-17-20-25-33-41-49-63(3)4/h62-68,73H,9-61H2,1-8H3,(H,78,79)(H,80,81)/t66?,67-,68-/m1/s1. The third-order valence-corrected chi connectivity index (χ3v) is 18.5. The summed E-state index contributed by atoms with van der Waals surface area (Å²) >= 11 is 0. The molecular weight excluding hydrogens is 1200 g/mol. The fraction of sp³-hybridized carbons (Fsp3) is 0.944. The van der Waals surface area contributed by atoms with Crippen LogP contribution in [-0.4, -0.2) is 96.7 Å². The van der Waals surface area contributed by atoms with Gasteiger partial charge in [-0.1, -0.05) is 306 Å². The Morgan fingerprint density at radius 1 is 0.275 bits per heavy atom. The van der Waals surface area contributed by atoms with Gasteiger partial charge in [0.1, 0.15) is 19.3 Å². The van der Waals surface area contributed by atoms with Crippen molar-refractivity contribution in [3.63, 3.8) is 0 Å². The van der Waals surface area contributed by atoms with E-state index in [0.717, 1.165) is 108 Å². The number of ether oxygens (including phenoxy) is 4. The lowest BCUT2D eigenvalue weighted by atomic mass is 10.0. The lowest BCUT2D eigenvalue weighted by Crippen LogP contribution is -2.30. The Kier molecular flexibility index (Phi) is 60.3. The van der Waals surface area contributed by atoms with E-state index in [9.17, 15) is 43.2 Å². The number of unbranched alkanes of at least 4 members (excludes halogenated alkanes) is 35. The zero-order valence-electron chi connectivity index (χ0n) is 59.5. The minimum absolute atomic E-state index is 0.102. The molecule has 19 heteroatoms. The average Bonchev–Trinajstić information content (AvgIpc) is 3.71. The number of carbonyl (C=O) groups excluding carboxylic acids is 4. The maximum atomic E-state index is 13.0. The molecule has 0 rings (SSSR count). The van der Waals surface area contributed by atoms with Crippen LogP contribution in [0.15, 0.2) is 0 Å². The summed E-state index contributed by atoms with van der Waals surface area (Å²) in [6.07, 6.45) is 44.8. The van der Waals surface area contributed by atoms with E-state index in [1.807, 2.05) is 0 Å². The molecule has 0 bridgehead atoms. The molecule has 0 aromatic rings. The summed E-state index contributed by atoms with van der Waals surface area (Å²) in [6, 6.07) is 0. The highest BCUT2D eigenvalue weighted by atomic mass is 31.2. The first kappa shape index (κ1) is 89.1. The van der Waals surface area contributed by atoms with E-state index in [2.05, 4.69) is 55.4 Å². The van der Waals surface area contributed by atoms with Crippen molar-refractivity contribution < 1.29 is 80.2 Å². The number of esters is 4. The molecule has 0 saturated heterocycles. The number of hydrogen-bond donors (Lipinski definition) is 3. The second-order valence-electron chi connectivity index (χ2n) is 27.9. The quantitative estimate of drug-likeness (QED) is 0.0222. The lowest BCUT2D eigenvalue weighted by Gasteiger charge is -2.21. The predicted molar refractivity (Wildman–Crippen MR) is 367 cm³/mol. The van der Waals surface area contributed by atoms with Gasteiger partial charge in [0.25, 0.3) is 0 Å². The molecule has 0 spiro atoms. The van der Waals surface area contributed by atoms with Crippen molar-refractivity contribution >= 4 is 39.5 Å². The molecule has 91 heavy (non-hydrogen) atoms. The molecule has 0 heterocycles. The maximum Gasteiger partial charge on any atom is 0.472 e. The molecule has 0 aromatic carbocycles. The molecule has 0 amide bonds. The van der Waals surface area contributed by atoms with E-state index < -0.39 is 97.5 Å². The van der Waals surface area contributed by atoms with Crippen molar-refractivity contribution in [3.8, 4) is 0 Å². The van der Waals surface area contributed by atoms with Gasteiger partial charge in [0.05, 0.1) is 26.4 Å². The highest BCUT2D eigenvalue weighted by Crippen LogP contribution is 2.45. The minimum atomic E-state index is -4.95. The smallest absolute Gasteiger partial charge is 0.462 e. The van der Waals surface area contributed by atoms with Gasteiger partial charge in [-0.05, 0) is 49.4 Å². The zero-order valence-corrected chi connectivity index (χ0v) is 61.3. The van der Waals surface area contributed by atoms with Crippen LogP contribution in [0.1, 0.15) is 357 Å². The van der Waals surface area contributed by atoms with Crippen LogP contribution in [0.4, 0.5) is 0 Å². The minimum Gasteiger partial charge on any atom is -0.462 e. The van der Waals surface area contributed by atoms with Crippen LogP contribution < -0.4 is 0 Å². The van der Waals surface area contributed by atoms with Gasteiger partial charge >= 0.3 is 39.5 Å². The second-order valence-corrected chi connectivity index (χ2v) is 30.8. The maximum absolute atomic E-state index is 13.0. The van der Waals surface area contributed by atoms with E-state index in [0.29, 0.717) is 37.5 Å². The largest absolute Gasteiger partial charge is 0.472 e. The molecule has 0 aromatic heterocycles. The van der Waals surface area contributed by atoms with E-state index in [4.69, 9.17) is 37.0 Å². The number of aliphatic hydroxyl groups is 1. The van der Waals surface area contributed by atoms with Crippen LogP contribution in [0.2, 0.25) is 0 Å². The van der Waals surface area contributed by atoms with Crippen molar-refractivity contribution in [1.29, 1.82) is 0 Å². The fourth-order valence-corrected chi connectivity index (χ4v) is 12.4. The van der Waals surface area contributed by atoms with Gasteiger partial charge < -0.3 is 33.8 Å². The van der Waals surface area contributed by atoms with Crippen molar-refractivity contribution in [2.75, 3.05) is 39.6 Å². The van der Waals surface area contributed by atoms with Crippen molar-refractivity contribution in [1.82, 2.24) is 0 Å². The summed E-state index contributed by atoms with van der Waals surface area (Å²) in [4.78, 5) is 72.5. The highest BCUT2D eigenvalue weighted by Gasteiger charge is 2.30. The first-order valence-corrected chi connectivity index (χ1v) is 40.2. The third kappa shape index (κ3) is 66.5. The first-order valence-electron chi connectivity index (χ1n) is 37.2. The van der Waals surface area contributed by atoms with Gasteiger partial charge in [0.15, 0.2) is 12.2 Å². The third-order valence-electron chi connectivity index (χ3n) is 16.6. The monoisotopic (exact) mass is 1340 g/mol. The number of aliphatic hydroxyl groups excluding tert-OH is 1. The fourth-order valence-electron chi connectivity index (χ4n) is 10.8. The molecule has 0 saturated carbocycles. The summed E-state index contributed by atoms with van der Waals surface area (Å²) < 4.78 is 68.3. The number of phosphoric ester groups is 2. The normalized spacial score (nSPS) is 14.2. The molecule has 0 aliphatic carbocycles.